The number of hydrogen-bond donors (Lipinski definition) is 0. The third-order valence-corrected chi connectivity index (χ3v) is 4.14. The Morgan fingerprint density at radius 1 is 0.800 bits per heavy atom. The SMILES string of the molecule is CC(C)(C)OS(=O)(=O)COC(=O)CCCCCC(=O)OCS(C)(=O)=O. The van der Waals surface area contributed by atoms with Crippen LogP contribution in [0.4, 0.5) is 0 Å². The van der Waals surface area contributed by atoms with Crippen LogP contribution >= 0.6 is 0 Å². The molecule has 0 heterocycles. The van der Waals surface area contributed by atoms with Crippen molar-refractivity contribution < 1.29 is 40.1 Å². The monoisotopic (exact) mass is 402 g/mol. The van der Waals surface area contributed by atoms with E-state index in [0.717, 1.165) is 6.26 Å². The lowest BCUT2D eigenvalue weighted by Crippen LogP contribution is -2.27. The highest BCUT2D eigenvalue weighted by molar-refractivity contribution is 7.90. The number of esters is 2. The molecule has 148 valence electrons. The van der Waals surface area contributed by atoms with E-state index in [9.17, 15) is 26.4 Å². The molecule has 25 heavy (non-hydrogen) atoms. The summed E-state index contributed by atoms with van der Waals surface area (Å²) in [5, 5.41) is 0. The van der Waals surface area contributed by atoms with Gasteiger partial charge < -0.3 is 9.47 Å². The number of hydrogen-bond acceptors (Lipinski definition) is 9. The first-order valence-corrected chi connectivity index (χ1v) is 11.3. The molecule has 0 fully saturated rings. The lowest BCUT2D eigenvalue weighted by molar-refractivity contribution is -0.142. The summed E-state index contributed by atoms with van der Waals surface area (Å²) in [7, 11) is -7.31. The number of unbranched alkanes of at least 4 members (excludes halogenated alkanes) is 2. The average Bonchev–Trinajstić information content (AvgIpc) is 2.39. The van der Waals surface area contributed by atoms with Crippen LogP contribution in [0.1, 0.15) is 52.9 Å². The van der Waals surface area contributed by atoms with Crippen molar-refractivity contribution in [1.82, 2.24) is 0 Å². The minimum absolute atomic E-state index is 0.00340. The van der Waals surface area contributed by atoms with Crippen molar-refractivity contribution >= 4 is 31.9 Å². The summed E-state index contributed by atoms with van der Waals surface area (Å²) >= 11 is 0. The zero-order valence-electron chi connectivity index (χ0n) is 14.9. The van der Waals surface area contributed by atoms with Crippen LogP contribution in [0.3, 0.4) is 0 Å². The van der Waals surface area contributed by atoms with Crippen molar-refractivity contribution in [2.24, 2.45) is 0 Å². The van der Waals surface area contributed by atoms with Gasteiger partial charge in [0.1, 0.15) is 0 Å². The van der Waals surface area contributed by atoms with E-state index in [2.05, 4.69) is 9.47 Å². The highest BCUT2D eigenvalue weighted by Crippen LogP contribution is 2.13. The van der Waals surface area contributed by atoms with Crippen LogP contribution in [0.2, 0.25) is 0 Å². The second-order valence-corrected chi connectivity index (χ2v) is 10.1. The van der Waals surface area contributed by atoms with Gasteiger partial charge in [-0.1, -0.05) is 6.42 Å². The van der Waals surface area contributed by atoms with Gasteiger partial charge in [0.05, 0.1) is 5.60 Å². The highest BCUT2D eigenvalue weighted by Gasteiger charge is 2.23. The van der Waals surface area contributed by atoms with E-state index in [1.807, 2.05) is 0 Å². The topological polar surface area (TPSA) is 130 Å². The second-order valence-electron chi connectivity index (χ2n) is 6.51. The number of carbonyl (C=O) groups excluding carboxylic acids is 2. The molecule has 0 rings (SSSR count). The van der Waals surface area contributed by atoms with Gasteiger partial charge in [-0.3, -0.25) is 13.8 Å². The summed E-state index contributed by atoms with van der Waals surface area (Å²) in [4.78, 5) is 22.7. The molecule has 11 heteroatoms. The van der Waals surface area contributed by atoms with E-state index < -0.39 is 49.4 Å². The second kappa shape index (κ2) is 10.1. The van der Waals surface area contributed by atoms with Crippen molar-refractivity contribution in [2.75, 3.05) is 18.1 Å². The van der Waals surface area contributed by atoms with Crippen molar-refractivity contribution in [2.45, 2.75) is 58.5 Å². The fourth-order valence-electron chi connectivity index (χ4n) is 1.58. The molecule has 0 saturated heterocycles. The van der Waals surface area contributed by atoms with Gasteiger partial charge in [0.25, 0.3) is 0 Å². The Labute approximate surface area is 149 Å². The lowest BCUT2D eigenvalue weighted by atomic mass is 10.1. The summed E-state index contributed by atoms with van der Waals surface area (Å²) in [5.41, 5.74) is -0.906. The predicted molar refractivity (Wildman–Crippen MR) is 89.6 cm³/mol. The molecule has 0 atom stereocenters. The van der Waals surface area contributed by atoms with E-state index in [0.29, 0.717) is 19.3 Å². The third kappa shape index (κ3) is 16.0. The first-order chi connectivity index (χ1) is 11.2. The summed E-state index contributed by atoms with van der Waals surface area (Å²) in [6.45, 7) is 4.69. The van der Waals surface area contributed by atoms with Crippen LogP contribution in [0.15, 0.2) is 0 Å². The zero-order valence-corrected chi connectivity index (χ0v) is 16.6. The molecule has 0 bridgehead atoms. The van der Waals surface area contributed by atoms with Crippen molar-refractivity contribution in [3.05, 3.63) is 0 Å². The van der Waals surface area contributed by atoms with Crippen LogP contribution < -0.4 is 0 Å². The van der Waals surface area contributed by atoms with E-state index in [-0.39, 0.29) is 12.8 Å². The van der Waals surface area contributed by atoms with Crippen LogP contribution in [-0.4, -0.2) is 52.5 Å². The smallest absolute Gasteiger partial charge is 0.306 e. The van der Waals surface area contributed by atoms with Gasteiger partial charge in [-0.2, -0.15) is 8.42 Å². The molecule has 0 aromatic rings. The summed E-state index contributed by atoms with van der Waals surface area (Å²) < 4.78 is 58.7. The fraction of sp³-hybridized carbons (Fsp3) is 0.857. The molecule has 0 aliphatic rings. The van der Waals surface area contributed by atoms with E-state index in [1.54, 1.807) is 20.8 Å². The quantitative estimate of drug-likeness (QED) is 0.283. The van der Waals surface area contributed by atoms with Crippen molar-refractivity contribution in [3.8, 4) is 0 Å². The Bertz CT molecular complexity index is 642. The molecular formula is C14H26O9S2. The number of carbonyl (C=O) groups is 2. The largest absolute Gasteiger partial charge is 0.449 e. The Morgan fingerprint density at radius 2 is 1.24 bits per heavy atom. The molecule has 0 aliphatic heterocycles. The van der Waals surface area contributed by atoms with Gasteiger partial charge in [-0.15, -0.1) is 0 Å². The highest BCUT2D eigenvalue weighted by atomic mass is 32.2. The first kappa shape index (κ1) is 23.8. The number of rotatable bonds is 11. The van der Waals surface area contributed by atoms with Crippen molar-refractivity contribution in [1.29, 1.82) is 0 Å². The maximum Gasteiger partial charge on any atom is 0.306 e. The molecule has 0 amide bonds. The summed E-state index contributed by atoms with van der Waals surface area (Å²) in [6.07, 6.45) is 2.33. The van der Waals surface area contributed by atoms with Crippen LogP contribution in [0.5, 0.6) is 0 Å². The summed E-state index contributed by atoms with van der Waals surface area (Å²) in [5.74, 6) is -2.80. The van der Waals surface area contributed by atoms with Crippen LogP contribution in [-0.2, 0) is 43.2 Å². The molecule has 9 nitrogen and oxygen atoms in total. The number of sulfone groups is 1. The maximum absolute atomic E-state index is 11.5. The molecule has 0 spiro atoms. The molecule has 0 aromatic heterocycles. The van der Waals surface area contributed by atoms with E-state index >= 15 is 0 Å². The third-order valence-electron chi connectivity index (χ3n) is 2.44. The van der Waals surface area contributed by atoms with E-state index in [1.165, 1.54) is 0 Å². The Hall–Kier alpha value is -1.20. The maximum atomic E-state index is 11.5. The normalized spacial score (nSPS) is 12.6. The molecular weight excluding hydrogens is 376 g/mol. The number of ether oxygens (including phenoxy) is 2. The molecule has 0 saturated carbocycles. The minimum atomic E-state index is -3.95. The van der Waals surface area contributed by atoms with Crippen LogP contribution in [0.25, 0.3) is 0 Å². The first-order valence-electron chi connectivity index (χ1n) is 7.62. The standard InChI is InChI=1S/C14H26O9S2/c1-14(2,3)23-25(19,20)11-22-13(16)9-7-5-6-8-12(15)21-10-24(4,17)18/h5-11H2,1-4H3. The summed E-state index contributed by atoms with van der Waals surface area (Å²) in [6, 6.07) is 0. The molecule has 0 radical (unpaired) electrons. The molecule has 0 unspecified atom stereocenters. The zero-order chi connectivity index (χ0) is 19.7. The van der Waals surface area contributed by atoms with Crippen LogP contribution in [0, 0.1) is 0 Å². The van der Waals surface area contributed by atoms with Gasteiger partial charge >= 0.3 is 22.1 Å². The van der Waals surface area contributed by atoms with Gasteiger partial charge in [-0.25, -0.2) is 8.42 Å². The minimum Gasteiger partial charge on any atom is -0.449 e. The van der Waals surface area contributed by atoms with Gasteiger partial charge in [0, 0.05) is 19.1 Å². The van der Waals surface area contributed by atoms with Gasteiger partial charge in [0.2, 0.25) is 5.94 Å². The Kier molecular flexibility index (Phi) is 9.59. The molecule has 0 aromatic carbocycles. The molecule has 0 N–H and O–H groups in total. The van der Waals surface area contributed by atoms with Crippen molar-refractivity contribution in [3.63, 3.8) is 0 Å². The Balaban J connectivity index is 3.86. The van der Waals surface area contributed by atoms with Gasteiger partial charge in [0.15, 0.2) is 15.8 Å². The predicted octanol–water partition coefficient (Wildman–Crippen LogP) is 1.13. The van der Waals surface area contributed by atoms with Gasteiger partial charge in [-0.05, 0) is 33.6 Å². The lowest BCUT2D eigenvalue weighted by Gasteiger charge is -2.18. The Morgan fingerprint density at radius 3 is 1.64 bits per heavy atom. The molecule has 0 aliphatic carbocycles. The fourth-order valence-corrected chi connectivity index (χ4v) is 3.01. The average molecular weight is 402 g/mol. The van der Waals surface area contributed by atoms with E-state index in [4.69, 9.17) is 4.18 Å².